The molecule has 2 aromatic rings. The molecule has 1 aromatic heterocycles. The number of hydrogen-bond donors (Lipinski definition) is 2. The van der Waals surface area contributed by atoms with Crippen molar-refractivity contribution in [2.75, 3.05) is 19.6 Å². The van der Waals surface area contributed by atoms with E-state index in [0.717, 1.165) is 40.7 Å². The van der Waals surface area contributed by atoms with Gasteiger partial charge in [-0.1, -0.05) is 0 Å². The van der Waals surface area contributed by atoms with E-state index in [0.29, 0.717) is 10.8 Å². The molecule has 0 radical (unpaired) electrons. The van der Waals surface area contributed by atoms with Crippen molar-refractivity contribution >= 4 is 23.2 Å². The highest BCUT2D eigenvalue weighted by molar-refractivity contribution is 7.07. The van der Waals surface area contributed by atoms with Crippen molar-refractivity contribution in [1.82, 2.24) is 19.2 Å². The molecule has 2 heterocycles. The number of nitrogens with zero attached hydrogens (tertiary/aromatic N) is 4. The zero-order valence-electron chi connectivity index (χ0n) is 13.3. The summed E-state index contributed by atoms with van der Waals surface area (Å²) in [5, 5.41) is 16.5. The Morgan fingerprint density at radius 2 is 1.92 bits per heavy atom. The molecule has 0 atom stereocenters. The molecule has 1 fully saturated rings. The van der Waals surface area contributed by atoms with Gasteiger partial charge in [-0.05, 0) is 42.7 Å². The number of hydrogen-bond acceptors (Lipinski definition) is 6. The number of rotatable bonds is 3. The Morgan fingerprint density at radius 3 is 2.48 bits per heavy atom. The Hall–Kier alpha value is -2.33. The number of amidine groups is 2. The number of aryl methyl sites for hydroxylation is 1. The fourth-order valence-corrected chi connectivity index (χ4v) is 3.16. The maximum absolute atomic E-state index is 14.6. The Bertz CT molecular complexity index is 804. The largest absolute Gasteiger partial charge is 0.332 e. The van der Waals surface area contributed by atoms with Gasteiger partial charge in [0.15, 0.2) is 10.8 Å². The van der Waals surface area contributed by atoms with E-state index in [1.807, 2.05) is 0 Å². The van der Waals surface area contributed by atoms with Crippen LogP contribution in [0.3, 0.4) is 0 Å². The van der Waals surface area contributed by atoms with E-state index in [4.69, 9.17) is 10.8 Å². The lowest BCUT2D eigenvalue weighted by Gasteiger charge is -2.39. The minimum atomic E-state index is -3.33. The SMILES string of the molecule is Cc1nsc(C(=N)N2CCN(C(F)(F)c3ccc(F)cc3)CC2=N)n1. The number of aromatic nitrogens is 2. The molecular weight excluding hydrogens is 353 g/mol. The monoisotopic (exact) mass is 368 g/mol. The van der Waals surface area contributed by atoms with Gasteiger partial charge in [0.1, 0.15) is 17.5 Å². The van der Waals surface area contributed by atoms with Crippen LogP contribution in [0.15, 0.2) is 24.3 Å². The van der Waals surface area contributed by atoms with Crippen LogP contribution in [0.5, 0.6) is 0 Å². The van der Waals surface area contributed by atoms with Crippen molar-refractivity contribution in [2.24, 2.45) is 0 Å². The Kier molecular flexibility index (Phi) is 4.56. The molecule has 2 N–H and O–H groups in total. The van der Waals surface area contributed by atoms with Crippen molar-refractivity contribution < 1.29 is 13.2 Å². The topological polar surface area (TPSA) is 80.0 Å². The van der Waals surface area contributed by atoms with Gasteiger partial charge in [0.25, 0.3) is 0 Å². The molecule has 1 aliphatic rings. The van der Waals surface area contributed by atoms with Crippen LogP contribution < -0.4 is 0 Å². The number of benzene rings is 1. The predicted octanol–water partition coefficient (Wildman–Crippen LogP) is 2.66. The maximum Gasteiger partial charge on any atom is 0.332 e. The zero-order chi connectivity index (χ0) is 18.2. The van der Waals surface area contributed by atoms with E-state index in [1.54, 1.807) is 6.92 Å². The molecule has 0 unspecified atom stereocenters. The van der Waals surface area contributed by atoms with E-state index in [-0.39, 0.29) is 36.9 Å². The summed E-state index contributed by atoms with van der Waals surface area (Å²) in [6.07, 6.45) is 0. The molecule has 1 saturated heterocycles. The number of halogens is 3. The minimum absolute atomic E-state index is 0.0136. The molecular formula is C15H15F3N6S. The smallest absolute Gasteiger partial charge is 0.311 e. The first-order chi connectivity index (χ1) is 11.8. The first-order valence-electron chi connectivity index (χ1n) is 7.42. The van der Waals surface area contributed by atoms with Gasteiger partial charge in [0, 0.05) is 18.7 Å². The summed E-state index contributed by atoms with van der Waals surface area (Å²) in [7, 11) is 0. The second kappa shape index (κ2) is 6.52. The van der Waals surface area contributed by atoms with E-state index in [2.05, 4.69) is 9.36 Å². The van der Waals surface area contributed by atoms with E-state index < -0.39 is 11.9 Å². The summed E-state index contributed by atoms with van der Waals surface area (Å²) in [6, 6.07) is 0.721. The van der Waals surface area contributed by atoms with E-state index >= 15 is 0 Å². The van der Waals surface area contributed by atoms with Crippen molar-refractivity contribution in [2.45, 2.75) is 13.0 Å². The molecule has 0 aliphatic carbocycles. The Balaban J connectivity index is 1.73. The minimum Gasteiger partial charge on any atom is -0.311 e. The zero-order valence-corrected chi connectivity index (χ0v) is 14.1. The molecule has 6 nitrogen and oxygen atoms in total. The summed E-state index contributed by atoms with van der Waals surface area (Å²) < 4.78 is 46.2. The number of nitrogens with one attached hydrogen (secondary N) is 2. The van der Waals surface area contributed by atoms with Crippen molar-refractivity contribution in [3.05, 3.63) is 46.5 Å². The van der Waals surface area contributed by atoms with Gasteiger partial charge in [0.2, 0.25) is 0 Å². The molecule has 25 heavy (non-hydrogen) atoms. The highest BCUT2D eigenvalue weighted by atomic mass is 32.1. The summed E-state index contributed by atoms with van der Waals surface area (Å²) in [4.78, 5) is 6.28. The lowest BCUT2D eigenvalue weighted by atomic mass is 10.1. The van der Waals surface area contributed by atoms with E-state index in [9.17, 15) is 13.2 Å². The molecule has 1 aliphatic heterocycles. The Morgan fingerprint density at radius 1 is 1.24 bits per heavy atom. The molecule has 10 heteroatoms. The molecule has 1 aromatic carbocycles. The second-order valence-corrected chi connectivity index (χ2v) is 6.32. The summed E-state index contributed by atoms with van der Waals surface area (Å²) in [5.74, 6) is -0.193. The summed E-state index contributed by atoms with van der Waals surface area (Å²) in [6.45, 7) is 1.38. The third-order valence-electron chi connectivity index (χ3n) is 3.85. The van der Waals surface area contributed by atoms with Crippen molar-refractivity contribution in [3.63, 3.8) is 0 Å². The highest BCUT2D eigenvalue weighted by Crippen LogP contribution is 2.33. The molecule has 0 saturated carbocycles. The van der Waals surface area contributed by atoms with Crippen LogP contribution in [0.25, 0.3) is 0 Å². The van der Waals surface area contributed by atoms with Gasteiger partial charge in [-0.2, -0.15) is 13.2 Å². The van der Waals surface area contributed by atoms with E-state index in [1.165, 1.54) is 4.90 Å². The van der Waals surface area contributed by atoms with Crippen LogP contribution in [0, 0.1) is 23.6 Å². The van der Waals surface area contributed by atoms with Crippen LogP contribution in [0.1, 0.15) is 16.4 Å². The standard InChI is InChI=1S/C15H15F3N6S/c1-9-21-14(25-22-9)13(20)24-7-6-23(8-12(24)19)15(17,18)10-2-4-11(16)5-3-10/h2-5,19-20H,6-8H2,1H3. The van der Waals surface area contributed by atoms with Crippen molar-refractivity contribution in [3.8, 4) is 0 Å². The van der Waals surface area contributed by atoms with Crippen LogP contribution >= 0.6 is 11.5 Å². The molecule has 0 spiro atoms. The van der Waals surface area contributed by atoms with Crippen LogP contribution in [-0.2, 0) is 6.05 Å². The first-order valence-corrected chi connectivity index (χ1v) is 8.19. The van der Waals surface area contributed by atoms with Crippen LogP contribution in [0.2, 0.25) is 0 Å². The third-order valence-corrected chi connectivity index (χ3v) is 4.66. The second-order valence-electron chi connectivity index (χ2n) is 5.56. The first kappa shape index (κ1) is 17.5. The third kappa shape index (κ3) is 3.40. The molecule has 132 valence electrons. The average molecular weight is 368 g/mol. The lowest BCUT2D eigenvalue weighted by molar-refractivity contribution is -0.152. The highest BCUT2D eigenvalue weighted by Gasteiger charge is 2.42. The fourth-order valence-electron chi connectivity index (χ4n) is 2.53. The number of piperazine rings is 1. The Labute approximate surface area is 146 Å². The van der Waals surface area contributed by atoms with Gasteiger partial charge < -0.3 is 4.90 Å². The van der Waals surface area contributed by atoms with Crippen molar-refractivity contribution in [1.29, 1.82) is 10.8 Å². The summed E-state index contributed by atoms with van der Waals surface area (Å²) in [5.41, 5.74) is -0.329. The quantitative estimate of drug-likeness (QED) is 0.496. The fraction of sp³-hybridized carbons (Fsp3) is 0.333. The van der Waals surface area contributed by atoms with Crippen LogP contribution in [-0.4, -0.2) is 50.5 Å². The molecule has 0 bridgehead atoms. The molecule has 0 amide bonds. The summed E-state index contributed by atoms with van der Waals surface area (Å²) >= 11 is 1.04. The normalized spacial score (nSPS) is 16.3. The average Bonchev–Trinajstić information content (AvgIpc) is 3.01. The number of alkyl halides is 2. The van der Waals surface area contributed by atoms with Gasteiger partial charge in [-0.25, -0.2) is 14.3 Å². The molecule has 3 rings (SSSR count). The van der Waals surface area contributed by atoms with Gasteiger partial charge in [-0.3, -0.25) is 10.8 Å². The predicted molar refractivity (Wildman–Crippen MR) is 87.8 cm³/mol. The van der Waals surface area contributed by atoms with Gasteiger partial charge in [0.05, 0.1) is 6.54 Å². The van der Waals surface area contributed by atoms with Crippen LogP contribution in [0.4, 0.5) is 13.2 Å². The van der Waals surface area contributed by atoms with Gasteiger partial charge >= 0.3 is 6.05 Å². The van der Waals surface area contributed by atoms with Gasteiger partial charge in [-0.15, -0.1) is 0 Å². The lowest BCUT2D eigenvalue weighted by Crippen LogP contribution is -2.56. The maximum atomic E-state index is 14.6.